The highest BCUT2D eigenvalue weighted by Crippen LogP contribution is 2.23. The highest BCUT2D eigenvalue weighted by molar-refractivity contribution is 7.92. The molecule has 0 aliphatic carbocycles. The monoisotopic (exact) mass is 287 g/mol. The number of carbonyl (C=O) groups excluding carboxylic acids is 1. The predicted octanol–water partition coefficient (Wildman–Crippen LogP) is 1.78. The average Bonchev–Trinajstić information content (AvgIpc) is 2.55. The van der Waals surface area contributed by atoms with Crippen LogP contribution in [0, 0.1) is 0 Å². The molecular formula is C12H14ClNO3S. The standard InChI is InChI=1S/C12H14ClNO3S/c13-9-4-6-10(7-5-9)18(16,17)11-3-1-2-8-14-12(11)15/h4-7,11H,1-3,8H2,(H,14,15). The lowest BCUT2D eigenvalue weighted by atomic mass is 10.2. The van der Waals surface area contributed by atoms with Gasteiger partial charge in [0.05, 0.1) is 4.90 Å². The summed E-state index contributed by atoms with van der Waals surface area (Å²) < 4.78 is 24.7. The van der Waals surface area contributed by atoms with Crippen molar-refractivity contribution in [1.29, 1.82) is 0 Å². The molecule has 1 amide bonds. The molecule has 0 radical (unpaired) electrons. The number of rotatable bonds is 2. The summed E-state index contributed by atoms with van der Waals surface area (Å²) >= 11 is 5.73. The molecule has 1 saturated heterocycles. The second kappa shape index (κ2) is 5.28. The fourth-order valence-electron chi connectivity index (χ4n) is 2.00. The molecule has 1 heterocycles. The molecule has 1 N–H and O–H groups in total. The van der Waals surface area contributed by atoms with E-state index in [0.29, 0.717) is 18.0 Å². The number of amides is 1. The van der Waals surface area contributed by atoms with E-state index in [4.69, 9.17) is 11.6 Å². The molecule has 1 fully saturated rings. The van der Waals surface area contributed by atoms with Gasteiger partial charge in [0.15, 0.2) is 9.84 Å². The number of halogens is 1. The van der Waals surface area contributed by atoms with Crippen molar-refractivity contribution in [3.05, 3.63) is 29.3 Å². The zero-order valence-corrected chi connectivity index (χ0v) is 11.3. The van der Waals surface area contributed by atoms with E-state index in [1.807, 2.05) is 0 Å². The van der Waals surface area contributed by atoms with Crippen LogP contribution in [0.2, 0.25) is 5.02 Å². The Balaban J connectivity index is 2.34. The van der Waals surface area contributed by atoms with Crippen molar-refractivity contribution in [2.24, 2.45) is 0 Å². The number of carbonyl (C=O) groups is 1. The maximum absolute atomic E-state index is 12.4. The normalized spacial score (nSPS) is 21.2. The summed E-state index contributed by atoms with van der Waals surface area (Å²) in [5, 5.41) is 2.12. The Morgan fingerprint density at radius 1 is 1.17 bits per heavy atom. The van der Waals surface area contributed by atoms with Gasteiger partial charge < -0.3 is 5.32 Å². The molecule has 4 nitrogen and oxygen atoms in total. The first kappa shape index (κ1) is 13.4. The van der Waals surface area contributed by atoms with Gasteiger partial charge in [-0.3, -0.25) is 4.79 Å². The summed E-state index contributed by atoms with van der Waals surface area (Å²) in [4.78, 5) is 11.9. The van der Waals surface area contributed by atoms with Gasteiger partial charge in [0.25, 0.3) is 0 Å². The molecule has 18 heavy (non-hydrogen) atoms. The van der Waals surface area contributed by atoms with Gasteiger partial charge in [0, 0.05) is 11.6 Å². The molecule has 1 aromatic carbocycles. The topological polar surface area (TPSA) is 63.2 Å². The Morgan fingerprint density at radius 3 is 2.50 bits per heavy atom. The van der Waals surface area contributed by atoms with Gasteiger partial charge in [-0.05, 0) is 43.5 Å². The molecule has 1 unspecified atom stereocenters. The molecule has 0 spiro atoms. The summed E-state index contributed by atoms with van der Waals surface area (Å²) in [6, 6.07) is 5.91. The maximum Gasteiger partial charge on any atom is 0.238 e. The van der Waals surface area contributed by atoms with Gasteiger partial charge in [0.2, 0.25) is 5.91 Å². The van der Waals surface area contributed by atoms with E-state index in [0.717, 1.165) is 12.8 Å². The molecule has 1 atom stereocenters. The van der Waals surface area contributed by atoms with Crippen molar-refractivity contribution < 1.29 is 13.2 Å². The van der Waals surface area contributed by atoms with Crippen molar-refractivity contribution in [2.45, 2.75) is 29.4 Å². The minimum Gasteiger partial charge on any atom is -0.355 e. The Hall–Kier alpha value is -1.07. The van der Waals surface area contributed by atoms with Gasteiger partial charge in [-0.2, -0.15) is 0 Å². The van der Waals surface area contributed by atoms with E-state index in [1.165, 1.54) is 24.3 Å². The number of sulfone groups is 1. The van der Waals surface area contributed by atoms with Gasteiger partial charge >= 0.3 is 0 Å². The first-order valence-corrected chi connectivity index (χ1v) is 7.71. The van der Waals surface area contributed by atoms with Crippen LogP contribution in [-0.2, 0) is 14.6 Å². The lowest BCUT2D eigenvalue weighted by molar-refractivity contribution is -0.120. The molecule has 0 saturated carbocycles. The number of hydrogen-bond donors (Lipinski definition) is 1. The summed E-state index contributed by atoms with van der Waals surface area (Å²) in [7, 11) is -3.62. The first-order chi connectivity index (χ1) is 8.51. The van der Waals surface area contributed by atoms with Crippen LogP contribution in [0.1, 0.15) is 19.3 Å². The lowest BCUT2D eigenvalue weighted by Crippen LogP contribution is -2.38. The molecule has 98 valence electrons. The number of nitrogens with one attached hydrogen (secondary N) is 1. The third-order valence-corrected chi connectivity index (χ3v) is 5.38. The summed E-state index contributed by atoms with van der Waals surface area (Å²) in [6.07, 6.45) is 1.92. The van der Waals surface area contributed by atoms with Crippen LogP contribution in [-0.4, -0.2) is 26.1 Å². The Kier molecular flexibility index (Phi) is 3.92. The minimum atomic E-state index is -3.62. The van der Waals surface area contributed by atoms with E-state index in [9.17, 15) is 13.2 Å². The second-order valence-corrected chi connectivity index (χ2v) is 6.84. The first-order valence-electron chi connectivity index (χ1n) is 5.79. The zero-order chi connectivity index (χ0) is 13.2. The summed E-state index contributed by atoms with van der Waals surface area (Å²) in [6.45, 7) is 0.547. The van der Waals surface area contributed by atoms with Gasteiger partial charge in [-0.25, -0.2) is 8.42 Å². The third kappa shape index (κ3) is 2.67. The highest BCUT2D eigenvalue weighted by atomic mass is 35.5. The number of hydrogen-bond acceptors (Lipinski definition) is 3. The Bertz CT molecular complexity index is 539. The fraction of sp³-hybridized carbons (Fsp3) is 0.417. The molecular weight excluding hydrogens is 274 g/mol. The largest absolute Gasteiger partial charge is 0.355 e. The van der Waals surface area contributed by atoms with E-state index in [2.05, 4.69) is 5.32 Å². The van der Waals surface area contributed by atoms with Crippen LogP contribution in [0.3, 0.4) is 0 Å². The van der Waals surface area contributed by atoms with Crippen LogP contribution in [0.25, 0.3) is 0 Å². The van der Waals surface area contributed by atoms with Crippen molar-refractivity contribution in [2.75, 3.05) is 6.54 Å². The van der Waals surface area contributed by atoms with Gasteiger partial charge in [-0.15, -0.1) is 0 Å². The van der Waals surface area contributed by atoms with Crippen molar-refractivity contribution in [1.82, 2.24) is 5.32 Å². The zero-order valence-electron chi connectivity index (χ0n) is 9.73. The van der Waals surface area contributed by atoms with Gasteiger partial charge in [-0.1, -0.05) is 11.6 Å². The van der Waals surface area contributed by atoms with Crippen LogP contribution >= 0.6 is 11.6 Å². The molecule has 1 aliphatic rings. The lowest BCUT2D eigenvalue weighted by Gasteiger charge is -2.14. The van der Waals surface area contributed by atoms with Crippen molar-refractivity contribution >= 4 is 27.3 Å². The molecule has 6 heteroatoms. The van der Waals surface area contributed by atoms with Crippen molar-refractivity contribution in [3.8, 4) is 0 Å². The SMILES string of the molecule is O=C1NCCCCC1S(=O)(=O)c1ccc(Cl)cc1. The van der Waals surface area contributed by atoms with E-state index in [1.54, 1.807) is 0 Å². The van der Waals surface area contributed by atoms with Crippen LogP contribution in [0.15, 0.2) is 29.2 Å². The van der Waals surface area contributed by atoms with Crippen LogP contribution < -0.4 is 5.32 Å². The summed E-state index contributed by atoms with van der Waals surface area (Å²) in [5.41, 5.74) is 0. The smallest absolute Gasteiger partial charge is 0.238 e. The fourth-order valence-corrected chi connectivity index (χ4v) is 3.81. The molecule has 0 bridgehead atoms. The third-order valence-electron chi connectivity index (χ3n) is 3.00. The van der Waals surface area contributed by atoms with Gasteiger partial charge in [0.1, 0.15) is 5.25 Å². The van der Waals surface area contributed by atoms with Crippen LogP contribution in [0.5, 0.6) is 0 Å². The molecule has 0 aromatic heterocycles. The Labute approximate surface area is 111 Å². The summed E-state index contributed by atoms with van der Waals surface area (Å²) in [5.74, 6) is -0.401. The Morgan fingerprint density at radius 2 is 1.83 bits per heavy atom. The van der Waals surface area contributed by atoms with E-state index >= 15 is 0 Å². The predicted molar refractivity (Wildman–Crippen MR) is 69.3 cm³/mol. The van der Waals surface area contributed by atoms with E-state index in [-0.39, 0.29) is 4.90 Å². The molecule has 1 aromatic rings. The second-order valence-electron chi connectivity index (χ2n) is 4.27. The maximum atomic E-state index is 12.4. The average molecular weight is 288 g/mol. The van der Waals surface area contributed by atoms with E-state index < -0.39 is 21.0 Å². The number of benzene rings is 1. The van der Waals surface area contributed by atoms with Crippen molar-refractivity contribution in [3.63, 3.8) is 0 Å². The molecule has 1 aliphatic heterocycles. The van der Waals surface area contributed by atoms with Crippen LogP contribution in [0.4, 0.5) is 0 Å². The molecule has 2 rings (SSSR count). The quantitative estimate of drug-likeness (QED) is 0.902. The minimum absolute atomic E-state index is 0.147. The highest BCUT2D eigenvalue weighted by Gasteiger charge is 2.34.